The third kappa shape index (κ3) is 4.91. The first kappa shape index (κ1) is 15.5. The minimum absolute atomic E-state index is 0.253. The zero-order valence-electron chi connectivity index (χ0n) is 11.5. The zero-order chi connectivity index (χ0) is 14.6. The monoisotopic (exact) mass is 283 g/mol. The van der Waals surface area contributed by atoms with E-state index in [1.165, 1.54) is 0 Å². The molecule has 0 saturated heterocycles. The Hall–Kier alpha value is -1.55. The Labute approximate surface area is 118 Å². The van der Waals surface area contributed by atoms with E-state index in [0.717, 1.165) is 0 Å². The Kier molecular flexibility index (Phi) is 4.95. The summed E-state index contributed by atoms with van der Waals surface area (Å²) in [6.07, 6.45) is -0.625. The maximum Gasteiger partial charge on any atom is 0.408 e. The second kappa shape index (κ2) is 6.06. The summed E-state index contributed by atoms with van der Waals surface area (Å²) in [7, 11) is 0. The number of ether oxygens (including phenoxy) is 1. The Morgan fingerprint density at radius 1 is 1.26 bits per heavy atom. The van der Waals surface area contributed by atoms with Gasteiger partial charge in [0.1, 0.15) is 5.60 Å². The predicted molar refractivity (Wildman–Crippen MR) is 74.6 cm³/mol. The Morgan fingerprint density at radius 2 is 1.84 bits per heavy atom. The smallest absolute Gasteiger partial charge is 0.408 e. The SMILES string of the molecule is CC(NC(=O)OC(C)(C)C)C(=O)c1ccccc1Cl. The summed E-state index contributed by atoms with van der Waals surface area (Å²) in [4.78, 5) is 23.7. The highest BCUT2D eigenvalue weighted by Crippen LogP contribution is 2.17. The van der Waals surface area contributed by atoms with E-state index in [2.05, 4.69) is 5.32 Å². The van der Waals surface area contributed by atoms with Crippen molar-refractivity contribution >= 4 is 23.5 Å². The fraction of sp³-hybridized carbons (Fsp3) is 0.429. The average molecular weight is 284 g/mol. The van der Waals surface area contributed by atoms with Crippen LogP contribution in [0.25, 0.3) is 0 Å². The van der Waals surface area contributed by atoms with E-state index in [9.17, 15) is 9.59 Å². The third-order valence-corrected chi connectivity index (χ3v) is 2.60. The zero-order valence-corrected chi connectivity index (χ0v) is 12.2. The van der Waals surface area contributed by atoms with Crippen molar-refractivity contribution in [2.24, 2.45) is 0 Å². The van der Waals surface area contributed by atoms with Gasteiger partial charge in [-0.15, -0.1) is 0 Å². The van der Waals surface area contributed by atoms with Crippen molar-refractivity contribution in [1.29, 1.82) is 0 Å². The molecule has 1 aromatic carbocycles. The van der Waals surface area contributed by atoms with E-state index in [1.54, 1.807) is 52.0 Å². The van der Waals surface area contributed by atoms with Crippen LogP contribution in [0.5, 0.6) is 0 Å². The molecule has 1 unspecified atom stereocenters. The number of hydrogen-bond acceptors (Lipinski definition) is 3. The summed E-state index contributed by atoms with van der Waals surface area (Å²) < 4.78 is 5.09. The molecule has 0 aliphatic heterocycles. The lowest BCUT2D eigenvalue weighted by Gasteiger charge is -2.21. The first-order valence-corrected chi connectivity index (χ1v) is 6.37. The molecular formula is C14H18ClNO3. The normalized spacial score (nSPS) is 12.7. The van der Waals surface area contributed by atoms with Gasteiger partial charge in [-0.1, -0.05) is 23.7 Å². The molecule has 0 fully saturated rings. The number of amides is 1. The first-order chi connectivity index (χ1) is 8.70. The van der Waals surface area contributed by atoms with Crippen LogP contribution in [0, 0.1) is 0 Å². The highest BCUT2D eigenvalue weighted by molar-refractivity contribution is 6.34. The fourth-order valence-electron chi connectivity index (χ4n) is 1.44. The lowest BCUT2D eigenvalue weighted by atomic mass is 10.1. The number of Topliss-reactive ketones (excluding diaryl/α,β-unsaturated/α-hetero) is 1. The van der Waals surface area contributed by atoms with Gasteiger partial charge in [0.15, 0.2) is 5.78 Å². The number of carbonyl (C=O) groups is 2. The van der Waals surface area contributed by atoms with Crippen LogP contribution in [0.4, 0.5) is 4.79 Å². The number of nitrogens with one attached hydrogen (secondary N) is 1. The average Bonchev–Trinajstić information content (AvgIpc) is 2.26. The van der Waals surface area contributed by atoms with Crippen LogP contribution >= 0.6 is 11.6 Å². The van der Waals surface area contributed by atoms with Gasteiger partial charge in [0.25, 0.3) is 0 Å². The molecule has 0 bridgehead atoms. The third-order valence-electron chi connectivity index (χ3n) is 2.27. The van der Waals surface area contributed by atoms with Crippen LogP contribution in [-0.2, 0) is 4.74 Å². The van der Waals surface area contributed by atoms with Crippen LogP contribution in [0.1, 0.15) is 38.1 Å². The molecule has 0 saturated carbocycles. The maximum absolute atomic E-state index is 12.1. The van der Waals surface area contributed by atoms with E-state index < -0.39 is 17.7 Å². The summed E-state index contributed by atoms with van der Waals surface area (Å²) in [5.41, 5.74) is -0.218. The molecule has 4 nitrogen and oxygen atoms in total. The molecule has 0 aliphatic carbocycles. The molecule has 1 N–H and O–H groups in total. The van der Waals surface area contributed by atoms with E-state index in [0.29, 0.717) is 10.6 Å². The van der Waals surface area contributed by atoms with Crippen LogP contribution < -0.4 is 5.32 Å². The van der Waals surface area contributed by atoms with Gasteiger partial charge in [0.2, 0.25) is 0 Å². The van der Waals surface area contributed by atoms with Gasteiger partial charge in [-0.25, -0.2) is 4.79 Å². The molecule has 1 rings (SSSR count). The Balaban J connectivity index is 2.69. The number of carbonyl (C=O) groups excluding carboxylic acids is 2. The van der Waals surface area contributed by atoms with Gasteiger partial charge in [-0.05, 0) is 39.8 Å². The first-order valence-electron chi connectivity index (χ1n) is 5.99. The van der Waals surface area contributed by atoms with Crippen molar-refractivity contribution in [1.82, 2.24) is 5.32 Å². The highest BCUT2D eigenvalue weighted by atomic mass is 35.5. The molecule has 1 atom stereocenters. The van der Waals surface area contributed by atoms with Crippen molar-refractivity contribution in [2.45, 2.75) is 39.3 Å². The second-order valence-electron chi connectivity index (χ2n) is 5.21. The minimum atomic E-state index is -0.699. The number of benzene rings is 1. The minimum Gasteiger partial charge on any atom is -0.444 e. The van der Waals surface area contributed by atoms with Gasteiger partial charge >= 0.3 is 6.09 Å². The Morgan fingerprint density at radius 3 is 2.37 bits per heavy atom. The van der Waals surface area contributed by atoms with Gasteiger partial charge in [-0.3, -0.25) is 4.79 Å². The fourth-order valence-corrected chi connectivity index (χ4v) is 1.67. The number of alkyl carbamates (subject to hydrolysis) is 1. The molecule has 5 heteroatoms. The molecule has 0 aliphatic rings. The quantitative estimate of drug-likeness (QED) is 0.865. The van der Waals surface area contributed by atoms with Crippen molar-refractivity contribution in [3.8, 4) is 0 Å². The van der Waals surface area contributed by atoms with Crippen molar-refractivity contribution in [2.75, 3.05) is 0 Å². The molecule has 1 amide bonds. The summed E-state index contributed by atoms with van der Waals surface area (Å²) in [6, 6.07) is 6.02. The van der Waals surface area contributed by atoms with Gasteiger partial charge < -0.3 is 10.1 Å². The standard InChI is InChI=1S/C14H18ClNO3/c1-9(16-13(18)19-14(2,3)4)12(17)10-7-5-6-8-11(10)15/h5-9H,1-4H3,(H,16,18). The van der Waals surface area contributed by atoms with Crippen molar-refractivity contribution in [3.63, 3.8) is 0 Å². The van der Waals surface area contributed by atoms with Crippen LogP contribution in [-0.4, -0.2) is 23.5 Å². The summed E-state index contributed by atoms with van der Waals surface area (Å²) in [5.74, 6) is -0.253. The lowest BCUT2D eigenvalue weighted by molar-refractivity contribution is 0.0497. The van der Waals surface area contributed by atoms with Gasteiger partial charge in [0, 0.05) is 5.56 Å². The van der Waals surface area contributed by atoms with Gasteiger partial charge in [-0.2, -0.15) is 0 Å². The number of rotatable bonds is 3. The van der Waals surface area contributed by atoms with Crippen molar-refractivity contribution in [3.05, 3.63) is 34.9 Å². The number of hydrogen-bond donors (Lipinski definition) is 1. The largest absolute Gasteiger partial charge is 0.444 e. The van der Waals surface area contributed by atoms with Crippen molar-refractivity contribution < 1.29 is 14.3 Å². The van der Waals surface area contributed by atoms with Crippen LogP contribution in [0.3, 0.4) is 0 Å². The maximum atomic E-state index is 12.1. The second-order valence-corrected chi connectivity index (χ2v) is 5.62. The lowest BCUT2D eigenvalue weighted by Crippen LogP contribution is -2.41. The molecule has 0 spiro atoms. The molecule has 1 aromatic rings. The molecular weight excluding hydrogens is 266 g/mol. The highest BCUT2D eigenvalue weighted by Gasteiger charge is 2.22. The van der Waals surface area contributed by atoms with Crippen LogP contribution in [0.15, 0.2) is 24.3 Å². The predicted octanol–water partition coefficient (Wildman–Crippen LogP) is 3.44. The summed E-state index contributed by atoms with van der Waals surface area (Å²) in [6.45, 7) is 6.86. The molecule has 104 valence electrons. The molecule has 0 aromatic heterocycles. The number of halogens is 1. The topological polar surface area (TPSA) is 55.4 Å². The molecule has 0 heterocycles. The van der Waals surface area contributed by atoms with E-state index in [1.807, 2.05) is 0 Å². The molecule has 0 radical (unpaired) electrons. The van der Waals surface area contributed by atoms with E-state index in [4.69, 9.17) is 16.3 Å². The summed E-state index contributed by atoms with van der Waals surface area (Å²) in [5, 5.41) is 2.86. The Bertz CT molecular complexity index is 480. The molecule has 19 heavy (non-hydrogen) atoms. The number of ketones is 1. The van der Waals surface area contributed by atoms with E-state index in [-0.39, 0.29) is 5.78 Å². The summed E-state index contributed by atoms with van der Waals surface area (Å²) >= 11 is 5.94. The van der Waals surface area contributed by atoms with Crippen LogP contribution in [0.2, 0.25) is 5.02 Å². The van der Waals surface area contributed by atoms with Gasteiger partial charge in [0.05, 0.1) is 11.1 Å². The van der Waals surface area contributed by atoms with E-state index >= 15 is 0 Å².